The summed E-state index contributed by atoms with van der Waals surface area (Å²) in [5.74, 6) is 1.19. The smallest absolute Gasteiger partial charge is 0.270 e. The molecule has 26 heavy (non-hydrogen) atoms. The Kier molecular flexibility index (Phi) is 4.70. The Labute approximate surface area is 151 Å². The van der Waals surface area contributed by atoms with Crippen LogP contribution in [0.4, 0.5) is 5.82 Å². The highest BCUT2D eigenvalue weighted by Crippen LogP contribution is 2.16. The molecule has 1 N–H and O–H groups in total. The minimum Gasteiger partial charge on any atom is -0.378 e. The van der Waals surface area contributed by atoms with Gasteiger partial charge in [-0.15, -0.1) is 0 Å². The SMILES string of the molecule is O=C(NCc1nccc(N2CCOCC2)n1)c1nccc2ccccc12. The van der Waals surface area contributed by atoms with E-state index in [-0.39, 0.29) is 12.5 Å². The average Bonchev–Trinajstić information content (AvgIpc) is 2.72. The molecular weight excluding hydrogens is 330 g/mol. The molecule has 2 aromatic heterocycles. The lowest BCUT2D eigenvalue weighted by atomic mass is 10.1. The molecule has 0 saturated carbocycles. The maximum absolute atomic E-state index is 12.6. The summed E-state index contributed by atoms with van der Waals surface area (Å²) in [5, 5.41) is 4.68. The molecule has 1 aliphatic heterocycles. The Balaban J connectivity index is 1.47. The molecule has 7 heteroatoms. The van der Waals surface area contributed by atoms with Crippen molar-refractivity contribution in [2.45, 2.75) is 6.54 Å². The van der Waals surface area contributed by atoms with E-state index in [0.29, 0.717) is 24.7 Å². The molecule has 1 aromatic carbocycles. The summed E-state index contributed by atoms with van der Waals surface area (Å²) in [5.41, 5.74) is 0.410. The fourth-order valence-corrected chi connectivity index (χ4v) is 2.99. The molecule has 1 aliphatic rings. The number of rotatable bonds is 4. The second kappa shape index (κ2) is 7.45. The van der Waals surface area contributed by atoms with Crippen molar-refractivity contribution in [1.82, 2.24) is 20.3 Å². The predicted octanol–water partition coefficient (Wildman–Crippen LogP) is 1.79. The average molecular weight is 349 g/mol. The molecule has 1 fully saturated rings. The molecule has 0 aliphatic carbocycles. The minimum absolute atomic E-state index is 0.234. The number of benzene rings is 1. The number of carbonyl (C=O) groups excluding carboxylic acids is 1. The Morgan fingerprint density at radius 1 is 1.08 bits per heavy atom. The lowest BCUT2D eigenvalue weighted by molar-refractivity contribution is 0.0946. The van der Waals surface area contributed by atoms with Crippen LogP contribution >= 0.6 is 0 Å². The third-order valence-electron chi connectivity index (χ3n) is 4.32. The number of fused-ring (bicyclic) bond motifs is 1. The third-order valence-corrected chi connectivity index (χ3v) is 4.32. The molecule has 0 atom stereocenters. The van der Waals surface area contributed by atoms with Gasteiger partial charge in [0.25, 0.3) is 5.91 Å². The van der Waals surface area contributed by atoms with E-state index in [1.807, 2.05) is 36.4 Å². The van der Waals surface area contributed by atoms with Crippen LogP contribution in [0.3, 0.4) is 0 Å². The van der Waals surface area contributed by atoms with Gasteiger partial charge in [0.15, 0.2) is 0 Å². The third kappa shape index (κ3) is 3.48. The lowest BCUT2D eigenvalue weighted by Gasteiger charge is -2.27. The Hall–Kier alpha value is -3.06. The highest BCUT2D eigenvalue weighted by Gasteiger charge is 2.14. The number of carbonyl (C=O) groups is 1. The molecule has 1 amide bonds. The van der Waals surface area contributed by atoms with Crippen LogP contribution in [0.15, 0.2) is 48.8 Å². The van der Waals surface area contributed by atoms with Crippen LogP contribution in [-0.4, -0.2) is 47.2 Å². The molecule has 0 spiro atoms. The molecule has 0 unspecified atom stereocenters. The number of hydrogen-bond acceptors (Lipinski definition) is 6. The number of amides is 1. The number of nitrogens with one attached hydrogen (secondary N) is 1. The van der Waals surface area contributed by atoms with E-state index < -0.39 is 0 Å². The standard InChI is InChI=1S/C19H19N5O2/c25-19(18-15-4-2-1-3-14(15)5-7-21-18)22-13-16-20-8-6-17(23-16)24-9-11-26-12-10-24/h1-8H,9-13H2,(H,22,25). The van der Waals surface area contributed by atoms with Crippen molar-refractivity contribution < 1.29 is 9.53 Å². The van der Waals surface area contributed by atoms with Gasteiger partial charge >= 0.3 is 0 Å². The topological polar surface area (TPSA) is 80.2 Å². The predicted molar refractivity (Wildman–Crippen MR) is 98.0 cm³/mol. The summed E-state index contributed by atoms with van der Waals surface area (Å²) < 4.78 is 5.37. The highest BCUT2D eigenvalue weighted by atomic mass is 16.5. The Bertz CT molecular complexity index is 919. The first-order valence-corrected chi connectivity index (χ1v) is 8.58. The van der Waals surface area contributed by atoms with Gasteiger partial charge in [-0.1, -0.05) is 24.3 Å². The van der Waals surface area contributed by atoms with Gasteiger partial charge in [0, 0.05) is 30.9 Å². The fraction of sp³-hybridized carbons (Fsp3) is 0.263. The number of anilines is 1. The highest BCUT2D eigenvalue weighted by molar-refractivity contribution is 6.05. The maximum Gasteiger partial charge on any atom is 0.270 e. The van der Waals surface area contributed by atoms with Crippen molar-refractivity contribution in [2.75, 3.05) is 31.2 Å². The first-order valence-electron chi connectivity index (χ1n) is 8.58. The van der Waals surface area contributed by atoms with E-state index >= 15 is 0 Å². The van der Waals surface area contributed by atoms with Crippen molar-refractivity contribution in [3.05, 3.63) is 60.3 Å². The van der Waals surface area contributed by atoms with Crippen molar-refractivity contribution >= 4 is 22.5 Å². The molecule has 7 nitrogen and oxygen atoms in total. The van der Waals surface area contributed by atoms with Gasteiger partial charge in [-0.05, 0) is 17.5 Å². The normalized spacial score (nSPS) is 14.4. The minimum atomic E-state index is -0.234. The first kappa shape index (κ1) is 16.4. The Morgan fingerprint density at radius 3 is 2.77 bits per heavy atom. The van der Waals surface area contributed by atoms with Gasteiger partial charge in [0.05, 0.1) is 19.8 Å². The van der Waals surface area contributed by atoms with Crippen molar-refractivity contribution in [3.63, 3.8) is 0 Å². The number of morpholine rings is 1. The first-order chi connectivity index (χ1) is 12.8. The van der Waals surface area contributed by atoms with Gasteiger partial charge in [-0.2, -0.15) is 0 Å². The summed E-state index contributed by atoms with van der Waals surface area (Å²) >= 11 is 0. The van der Waals surface area contributed by atoms with Gasteiger partial charge in [0.1, 0.15) is 17.3 Å². The second-order valence-corrected chi connectivity index (χ2v) is 5.99. The van der Waals surface area contributed by atoms with E-state index in [1.54, 1.807) is 12.4 Å². The largest absolute Gasteiger partial charge is 0.378 e. The molecule has 3 aromatic rings. The molecule has 1 saturated heterocycles. The summed E-state index contributed by atoms with van der Waals surface area (Å²) in [7, 11) is 0. The van der Waals surface area contributed by atoms with E-state index in [4.69, 9.17) is 4.74 Å². The summed E-state index contributed by atoms with van der Waals surface area (Å²) in [6.07, 6.45) is 3.36. The van der Waals surface area contributed by atoms with Crippen LogP contribution in [-0.2, 0) is 11.3 Å². The van der Waals surface area contributed by atoms with Gasteiger partial charge in [-0.25, -0.2) is 9.97 Å². The van der Waals surface area contributed by atoms with Crippen molar-refractivity contribution in [3.8, 4) is 0 Å². The molecule has 132 valence electrons. The van der Waals surface area contributed by atoms with E-state index in [0.717, 1.165) is 29.7 Å². The van der Waals surface area contributed by atoms with Crippen LogP contribution in [0.1, 0.15) is 16.3 Å². The number of aromatic nitrogens is 3. The summed E-state index contributed by atoms with van der Waals surface area (Å²) in [4.78, 5) is 27.8. The molecule has 0 bridgehead atoms. The monoisotopic (exact) mass is 349 g/mol. The lowest BCUT2D eigenvalue weighted by Crippen LogP contribution is -2.37. The summed E-state index contributed by atoms with van der Waals surface area (Å²) in [6.45, 7) is 3.26. The molecule has 0 radical (unpaired) electrons. The van der Waals surface area contributed by atoms with E-state index in [9.17, 15) is 4.79 Å². The second-order valence-electron chi connectivity index (χ2n) is 5.99. The van der Waals surface area contributed by atoms with Crippen LogP contribution in [0, 0.1) is 0 Å². The van der Waals surface area contributed by atoms with E-state index in [2.05, 4.69) is 25.2 Å². The zero-order chi connectivity index (χ0) is 17.8. The van der Waals surface area contributed by atoms with Crippen LogP contribution in [0.5, 0.6) is 0 Å². The number of pyridine rings is 1. The summed E-state index contributed by atoms with van der Waals surface area (Å²) in [6, 6.07) is 11.5. The Morgan fingerprint density at radius 2 is 1.88 bits per heavy atom. The van der Waals surface area contributed by atoms with Gasteiger partial charge < -0.3 is 15.0 Å². The number of hydrogen-bond donors (Lipinski definition) is 1. The molecule has 3 heterocycles. The quantitative estimate of drug-likeness (QED) is 0.773. The van der Waals surface area contributed by atoms with Gasteiger partial charge in [0.2, 0.25) is 0 Å². The zero-order valence-corrected chi connectivity index (χ0v) is 14.3. The fourth-order valence-electron chi connectivity index (χ4n) is 2.99. The molecular formula is C19H19N5O2. The molecule has 4 rings (SSSR count). The van der Waals surface area contributed by atoms with Crippen LogP contribution in [0.25, 0.3) is 10.8 Å². The van der Waals surface area contributed by atoms with Crippen LogP contribution in [0.2, 0.25) is 0 Å². The number of ether oxygens (including phenoxy) is 1. The number of nitrogens with zero attached hydrogens (tertiary/aromatic N) is 4. The van der Waals surface area contributed by atoms with Crippen molar-refractivity contribution in [2.24, 2.45) is 0 Å². The zero-order valence-electron chi connectivity index (χ0n) is 14.3. The van der Waals surface area contributed by atoms with Crippen LogP contribution < -0.4 is 10.2 Å². The van der Waals surface area contributed by atoms with Gasteiger partial charge in [-0.3, -0.25) is 9.78 Å². The van der Waals surface area contributed by atoms with E-state index in [1.165, 1.54) is 0 Å². The van der Waals surface area contributed by atoms with Crippen molar-refractivity contribution in [1.29, 1.82) is 0 Å². The maximum atomic E-state index is 12.6.